The first-order valence-corrected chi connectivity index (χ1v) is 10.3. The highest BCUT2D eigenvalue weighted by molar-refractivity contribution is 5.78. The van der Waals surface area contributed by atoms with E-state index in [0.717, 1.165) is 44.9 Å². The van der Waals surface area contributed by atoms with Gasteiger partial charge in [-0.25, -0.2) is 4.39 Å². The lowest BCUT2D eigenvalue weighted by molar-refractivity contribution is -0.123. The van der Waals surface area contributed by atoms with Crippen molar-refractivity contribution < 1.29 is 9.18 Å². The van der Waals surface area contributed by atoms with E-state index in [1.807, 2.05) is 12.1 Å². The van der Waals surface area contributed by atoms with Crippen LogP contribution in [0.3, 0.4) is 0 Å². The van der Waals surface area contributed by atoms with Gasteiger partial charge in [0.25, 0.3) is 0 Å². The molecule has 1 heterocycles. The first-order chi connectivity index (χ1) is 12.8. The number of nitrogens with zero attached hydrogens (tertiary/aromatic N) is 2. The molecule has 1 saturated heterocycles. The number of hydrogen-bond donors (Lipinski definition) is 1. The zero-order valence-corrected chi connectivity index (χ0v) is 17.0. The number of nitrogens with one attached hydrogen (secondary N) is 1. The lowest BCUT2D eigenvalue weighted by atomic mass is 9.71. The van der Waals surface area contributed by atoms with E-state index in [-0.39, 0.29) is 11.7 Å². The molecule has 4 nitrogen and oxygen atoms in total. The van der Waals surface area contributed by atoms with Crippen molar-refractivity contribution >= 4 is 11.6 Å². The van der Waals surface area contributed by atoms with Crippen LogP contribution in [0.2, 0.25) is 0 Å². The zero-order valence-electron chi connectivity index (χ0n) is 17.0. The minimum Gasteiger partial charge on any atom is -0.367 e. The SMILES string of the molecule is CC(C)(C)C1CCC(NC(=O)CN2CCN(c3ccccc3F)CC2)CC1. The zero-order chi connectivity index (χ0) is 19.4. The highest BCUT2D eigenvalue weighted by atomic mass is 19.1. The van der Waals surface area contributed by atoms with E-state index in [0.29, 0.717) is 23.7 Å². The summed E-state index contributed by atoms with van der Waals surface area (Å²) < 4.78 is 13.9. The molecule has 150 valence electrons. The van der Waals surface area contributed by atoms with Crippen molar-refractivity contribution in [2.24, 2.45) is 11.3 Å². The molecule has 0 radical (unpaired) electrons. The molecule has 0 bridgehead atoms. The molecule has 27 heavy (non-hydrogen) atoms. The third kappa shape index (κ3) is 5.44. The third-order valence-corrected chi connectivity index (χ3v) is 6.25. The van der Waals surface area contributed by atoms with Crippen molar-refractivity contribution in [3.8, 4) is 0 Å². The van der Waals surface area contributed by atoms with Crippen LogP contribution in [-0.4, -0.2) is 49.6 Å². The molecule has 1 N–H and O–H groups in total. The van der Waals surface area contributed by atoms with Gasteiger partial charge in [0.2, 0.25) is 5.91 Å². The van der Waals surface area contributed by atoms with Crippen LogP contribution >= 0.6 is 0 Å². The van der Waals surface area contributed by atoms with Gasteiger partial charge in [0.1, 0.15) is 5.82 Å². The lowest BCUT2D eigenvalue weighted by Crippen LogP contribution is -2.51. The molecule has 0 aromatic heterocycles. The Kier molecular flexibility index (Phi) is 6.40. The van der Waals surface area contributed by atoms with E-state index < -0.39 is 0 Å². The fourth-order valence-electron chi connectivity index (χ4n) is 4.44. The Balaban J connectivity index is 1.39. The molecule has 1 aliphatic carbocycles. The van der Waals surface area contributed by atoms with Gasteiger partial charge >= 0.3 is 0 Å². The third-order valence-electron chi connectivity index (χ3n) is 6.25. The van der Waals surface area contributed by atoms with E-state index in [2.05, 4.69) is 35.9 Å². The summed E-state index contributed by atoms with van der Waals surface area (Å²) in [6.45, 7) is 10.5. The van der Waals surface area contributed by atoms with Crippen LogP contribution in [-0.2, 0) is 4.79 Å². The Hall–Kier alpha value is -1.62. The van der Waals surface area contributed by atoms with Crippen molar-refractivity contribution in [1.29, 1.82) is 0 Å². The Morgan fingerprint density at radius 3 is 2.30 bits per heavy atom. The standard InChI is InChI=1S/C22H34FN3O/c1-22(2,3)17-8-10-18(11-9-17)24-21(27)16-25-12-14-26(15-13-25)20-7-5-4-6-19(20)23/h4-7,17-18H,8-16H2,1-3H3,(H,24,27). The molecule has 0 atom stereocenters. The summed E-state index contributed by atoms with van der Waals surface area (Å²) in [5, 5.41) is 3.24. The maximum Gasteiger partial charge on any atom is 0.234 e. The maximum atomic E-state index is 13.9. The minimum absolute atomic E-state index is 0.133. The number of halogens is 1. The summed E-state index contributed by atoms with van der Waals surface area (Å²) >= 11 is 0. The summed E-state index contributed by atoms with van der Waals surface area (Å²) in [7, 11) is 0. The molecular weight excluding hydrogens is 341 g/mol. The smallest absolute Gasteiger partial charge is 0.234 e. The number of rotatable bonds is 4. The monoisotopic (exact) mass is 375 g/mol. The quantitative estimate of drug-likeness (QED) is 0.872. The second kappa shape index (κ2) is 8.59. The molecule has 3 rings (SSSR count). The number of piperazine rings is 1. The fraction of sp³-hybridized carbons (Fsp3) is 0.682. The molecule has 1 aromatic carbocycles. The number of carbonyl (C=O) groups is 1. The Bertz CT molecular complexity index is 627. The molecule has 2 aliphatic rings. The molecular formula is C22H34FN3O. The van der Waals surface area contributed by atoms with Gasteiger partial charge in [-0.1, -0.05) is 32.9 Å². The summed E-state index contributed by atoms with van der Waals surface area (Å²) in [6.07, 6.45) is 4.59. The highest BCUT2D eigenvalue weighted by Crippen LogP contribution is 2.37. The van der Waals surface area contributed by atoms with Crippen LogP contribution in [0.1, 0.15) is 46.5 Å². The van der Waals surface area contributed by atoms with Gasteiger partial charge in [-0.05, 0) is 49.1 Å². The molecule has 1 aliphatic heterocycles. The Morgan fingerprint density at radius 2 is 1.70 bits per heavy atom. The predicted octanol–water partition coefficient (Wildman–Crippen LogP) is 3.67. The van der Waals surface area contributed by atoms with Crippen molar-refractivity contribution in [3.63, 3.8) is 0 Å². The van der Waals surface area contributed by atoms with Crippen molar-refractivity contribution in [2.45, 2.75) is 52.5 Å². The lowest BCUT2D eigenvalue weighted by Gasteiger charge is -2.38. The largest absolute Gasteiger partial charge is 0.367 e. The van der Waals surface area contributed by atoms with E-state index >= 15 is 0 Å². The molecule has 1 aromatic rings. The second-order valence-electron chi connectivity index (χ2n) is 9.20. The maximum absolute atomic E-state index is 13.9. The second-order valence-corrected chi connectivity index (χ2v) is 9.20. The first-order valence-electron chi connectivity index (χ1n) is 10.3. The predicted molar refractivity (Wildman–Crippen MR) is 108 cm³/mol. The molecule has 0 spiro atoms. The number of hydrogen-bond acceptors (Lipinski definition) is 3. The van der Waals surface area contributed by atoms with Gasteiger partial charge in [-0.15, -0.1) is 0 Å². The Labute approximate surface area is 163 Å². The summed E-state index contributed by atoms with van der Waals surface area (Å²) in [6, 6.07) is 7.24. The molecule has 0 unspecified atom stereocenters. The summed E-state index contributed by atoms with van der Waals surface area (Å²) in [5.74, 6) is 0.722. The van der Waals surface area contributed by atoms with Gasteiger partial charge in [0.05, 0.1) is 12.2 Å². The molecule has 2 fully saturated rings. The fourth-order valence-corrected chi connectivity index (χ4v) is 4.44. The number of para-hydroxylation sites is 1. The van der Waals surface area contributed by atoms with E-state index in [9.17, 15) is 9.18 Å². The topological polar surface area (TPSA) is 35.6 Å². The molecule has 1 amide bonds. The van der Waals surface area contributed by atoms with Gasteiger partial charge < -0.3 is 10.2 Å². The average Bonchev–Trinajstić information content (AvgIpc) is 2.62. The van der Waals surface area contributed by atoms with E-state index in [1.165, 1.54) is 18.9 Å². The Morgan fingerprint density at radius 1 is 1.07 bits per heavy atom. The van der Waals surface area contributed by atoms with Gasteiger partial charge in [0.15, 0.2) is 0 Å². The summed E-state index contributed by atoms with van der Waals surface area (Å²) in [4.78, 5) is 16.7. The van der Waals surface area contributed by atoms with Gasteiger partial charge in [0, 0.05) is 32.2 Å². The molecule has 1 saturated carbocycles. The number of anilines is 1. The normalized spacial score (nSPS) is 24.7. The highest BCUT2D eigenvalue weighted by Gasteiger charge is 2.30. The van der Waals surface area contributed by atoms with E-state index in [4.69, 9.17) is 0 Å². The summed E-state index contributed by atoms with van der Waals surface area (Å²) in [5.41, 5.74) is 1.03. The average molecular weight is 376 g/mol. The molecule has 5 heteroatoms. The minimum atomic E-state index is -0.172. The van der Waals surface area contributed by atoms with Gasteiger partial charge in [-0.3, -0.25) is 9.69 Å². The van der Waals surface area contributed by atoms with Crippen LogP contribution < -0.4 is 10.2 Å². The van der Waals surface area contributed by atoms with Crippen molar-refractivity contribution in [2.75, 3.05) is 37.6 Å². The van der Waals surface area contributed by atoms with E-state index in [1.54, 1.807) is 6.07 Å². The van der Waals surface area contributed by atoms with Crippen LogP contribution in [0.15, 0.2) is 24.3 Å². The number of carbonyl (C=O) groups excluding carboxylic acids is 1. The van der Waals surface area contributed by atoms with Gasteiger partial charge in [-0.2, -0.15) is 0 Å². The van der Waals surface area contributed by atoms with Crippen LogP contribution in [0.4, 0.5) is 10.1 Å². The van der Waals surface area contributed by atoms with Crippen molar-refractivity contribution in [3.05, 3.63) is 30.1 Å². The van der Waals surface area contributed by atoms with Crippen LogP contribution in [0.5, 0.6) is 0 Å². The van der Waals surface area contributed by atoms with Crippen molar-refractivity contribution in [1.82, 2.24) is 10.2 Å². The van der Waals surface area contributed by atoms with Crippen LogP contribution in [0, 0.1) is 17.2 Å². The number of benzene rings is 1. The first kappa shape index (κ1) is 20.1. The number of amides is 1. The van der Waals surface area contributed by atoms with Crippen LogP contribution in [0.25, 0.3) is 0 Å².